The summed E-state index contributed by atoms with van der Waals surface area (Å²) in [5.74, 6) is -0.0431. The molecule has 1 atom stereocenters. The van der Waals surface area contributed by atoms with Gasteiger partial charge in [0.25, 0.3) is 0 Å². The topological polar surface area (TPSA) is 58.2 Å². The second-order valence-corrected chi connectivity index (χ2v) is 4.32. The van der Waals surface area contributed by atoms with Crippen molar-refractivity contribution in [1.82, 2.24) is 0 Å². The van der Waals surface area contributed by atoms with Gasteiger partial charge in [-0.2, -0.15) is 0 Å². The quantitative estimate of drug-likeness (QED) is 0.694. The SMILES string of the molecule is CC(=O)c1cc2c(s1)NC(C)C(=O)N2. The van der Waals surface area contributed by atoms with Crippen molar-refractivity contribution in [2.75, 3.05) is 10.6 Å². The van der Waals surface area contributed by atoms with Crippen LogP contribution in [0.5, 0.6) is 0 Å². The molecule has 2 N–H and O–H groups in total. The summed E-state index contributed by atoms with van der Waals surface area (Å²) in [7, 11) is 0. The van der Waals surface area contributed by atoms with E-state index in [0.717, 1.165) is 5.00 Å². The van der Waals surface area contributed by atoms with E-state index < -0.39 is 0 Å². The molecule has 74 valence electrons. The van der Waals surface area contributed by atoms with Gasteiger partial charge in [0.15, 0.2) is 5.78 Å². The number of fused-ring (bicyclic) bond motifs is 1. The summed E-state index contributed by atoms with van der Waals surface area (Å²) in [4.78, 5) is 23.0. The fraction of sp³-hybridized carbons (Fsp3) is 0.333. The second-order valence-electron chi connectivity index (χ2n) is 3.26. The van der Waals surface area contributed by atoms with Gasteiger partial charge in [-0.25, -0.2) is 0 Å². The minimum Gasteiger partial charge on any atom is -0.364 e. The molecule has 0 fully saturated rings. The fourth-order valence-electron chi connectivity index (χ4n) is 1.27. The molecule has 0 saturated carbocycles. The first-order valence-electron chi connectivity index (χ1n) is 4.30. The van der Waals surface area contributed by atoms with Crippen LogP contribution in [-0.4, -0.2) is 17.7 Å². The van der Waals surface area contributed by atoms with Crippen LogP contribution in [0.15, 0.2) is 6.07 Å². The van der Waals surface area contributed by atoms with E-state index >= 15 is 0 Å². The highest BCUT2D eigenvalue weighted by molar-refractivity contribution is 7.18. The third-order valence-corrected chi connectivity index (χ3v) is 3.24. The van der Waals surface area contributed by atoms with Crippen molar-refractivity contribution in [2.24, 2.45) is 0 Å². The lowest BCUT2D eigenvalue weighted by molar-refractivity contribution is -0.116. The number of thiophene rings is 1. The van der Waals surface area contributed by atoms with Gasteiger partial charge in [0, 0.05) is 0 Å². The van der Waals surface area contributed by atoms with Crippen LogP contribution in [0.2, 0.25) is 0 Å². The summed E-state index contributed by atoms with van der Waals surface area (Å²) in [6.45, 7) is 3.30. The molecule has 0 saturated heterocycles. The lowest BCUT2D eigenvalue weighted by atomic mass is 10.2. The van der Waals surface area contributed by atoms with Gasteiger partial charge >= 0.3 is 0 Å². The molecule has 1 unspecified atom stereocenters. The van der Waals surface area contributed by atoms with Gasteiger partial charge in [0.1, 0.15) is 11.0 Å². The Morgan fingerprint density at radius 2 is 2.29 bits per heavy atom. The predicted molar refractivity (Wildman–Crippen MR) is 56.0 cm³/mol. The molecular formula is C9H10N2O2S. The number of carbonyl (C=O) groups is 2. The number of hydrogen-bond acceptors (Lipinski definition) is 4. The van der Waals surface area contributed by atoms with E-state index in [1.54, 1.807) is 13.0 Å². The molecule has 14 heavy (non-hydrogen) atoms. The first-order valence-corrected chi connectivity index (χ1v) is 5.12. The summed E-state index contributed by atoms with van der Waals surface area (Å²) < 4.78 is 0. The molecule has 1 aliphatic rings. The van der Waals surface area contributed by atoms with Crippen LogP contribution in [-0.2, 0) is 4.79 Å². The number of anilines is 2. The molecule has 4 nitrogen and oxygen atoms in total. The van der Waals surface area contributed by atoms with Crippen molar-refractivity contribution in [2.45, 2.75) is 19.9 Å². The molecule has 0 aromatic carbocycles. The zero-order valence-corrected chi connectivity index (χ0v) is 8.70. The molecule has 2 heterocycles. The van der Waals surface area contributed by atoms with E-state index in [-0.39, 0.29) is 17.7 Å². The Morgan fingerprint density at radius 3 is 2.93 bits per heavy atom. The van der Waals surface area contributed by atoms with Crippen molar-refractivity contribution in [3.63, 3.8) is 0 Å². The average molecular weight is 210 g/mol. The normalized spacial score (nSPS) is 19.6. The Hall–Kier alpha value is -1.36. The third-order valence-electron chi connectivity index (χ3n) is 2.08. The Labute approximate surface area is 85.3 Å². The predicted octanol–water partition coefficient (Wildman–Crippen LogP) is 1.70. The van der Waals surface area contributed by atoms with E-state index in [0.29, 0.717) is 10.6 Å². The van der Waals surface area contributed by atoms with Crippen LogP contribution in [0, 0.1) is 0 Å². The van der Waals surface area contributed by atoms with Crippen LogP contribution in [0.1, 0.15) is 23.5 Å². The van der Waals surface area contributed by atoms with Crippen molar-refractivity contribution in [1.29, 1.82) is 0 Å². The molecule has 1 aromatic heterocycles. The zero-order valence-electron chi connectivity index (χ0n) is 7.88. The van der Waals surface area contributed by atoms with Gasteiger partial charge in [-0.1, -0.05) is 0 Å². The molecule has 0 spiro atoms. The number of nitrogens with one attached hydrogen (secondary N) is 2. The van der Waals surface area contributed by atoms with Crippen LogP contribution in [0.3, 0.4) is 0 Å². The van der Waals surface area contributed by atoms with Gasteiger partial charge in [-0.05, 0) is 19.9 Å². The zero-order chi connectivity index (χ0) is 10.3. The lowest BCUT2D eigenvalue weighted by Gasteiger charge is -2.20. The summed E-state index contributed by atoms with van der Waals surface area (Å²) in [6, 6.07) is 1.47. The molecular weight excluding hydrogens is 200 g/mol. The first kappa shape index (κ1) is 9.21. The Balaban J connectivity index is 2.38. The van der Waals surface area contributed by atoms with Gasteiger partial charge in [0.05, 0.1) is 10.6 Å². The maximum atomic E-state index is 11.3. The second kappa shape index (κ2) is 3.09. The van der Waals surface area contributed by atoms with Crippen molar-refractivity contribution < 1.29 is 9.59 Å². The number of ketones is 1. The van der Waals surface area contributed by atoms with E-state index in [2.05, 4.69) is 10.6 Å². The van der Waals surface area contributed by atoms with E-state index in [1.807, 2.05) is 0 Å². The maximum Gasteiger partial charge on any atom is 0.246 e. The molecule has 0 radical (unpaired) electrons. The first-order chi connectivity index (χ1) is 6.58. The van der Waals surface area contributed by atoms with Crippen molar-refractivity contribution in [3.05, 3.63) is 10.9 Å². The van der Waals surface area contributed by atoms with Gasteiger partial charge < -0.3 is 10.6 Å². The maximum absolute atomic E-state index is 11.3. The molecule has 0 aliphatic carbocycles. The minimum absolute atomic E-state index is 0.0214. The van der Waals surface area contributed by atoms with E-state index in [9.17, 15) is 9.59 Å². The molecule has 0 bridgehead atoms. The van der Waals surface area contributed by atoms with Crippen LogP contribution in [0.25, 0.3) is 0 Å². The smallest absolute Gasteiger partial charge is 0.246 e. The number of carbonyl (C=O) groups excluding carboxylic acids is 2. The minimum atomic E-state index is -0.235. The summed E-state index contributed by atoms with van der Waals surface area (Å²) in [5.41, 5.74) is 0.711. The number of amides is 1. The summed E-state index contributed by atoms with van der Waals surface area (Å²) in [6.07, 6.45) is 0. The molecule has 5 heteroatoms. The monoisotopic (exact) mass is 210 g/mol. The highest BCUT2D eigenvalue weighted by atomic mass is 32.1. The molecule has 2 rings (SSSR count). The standard InChI is InChI=1S/C9H10N2O2S/c1-4-8(13)11-6-3-7(5(2)12)14-9(6)10-4/h3-4,10H,1-2H3,(H,11,13). The fourth-order valence-corrected chi connectivity index (χ4v) is 2.26. The third kappa shape index (κ3) is 1.39. The lowest BCUT2D eigenvalue weighted by Crippen LogP contribution is -2.35. The molecule has 1 aliphatic heterocycles. The highest BCUT2D eigenvalue weighted by Crippen LogP contribution is 2.35. The van der Waals surface area contributed by atoms with E-state index in [4.69, 9.17) is 0 Å². The Kier molecular flexibility index (Phi) is 2.03. The number of rotatable bonds is 1. The molecule has 1 aromatic rings. The van der Waals surface area contributed by atoms with Gasteiger partial charge in [0.2, 0.25) is 5.91 Å². The van der Waals surface area contributed by atoms with E-state index in [1.165, 1.54) is 18.3 Å². The van der Waals surface area contributed by atoms with Crippen LogP contribution in [0.4, 0.5) is 10.7 Å². The van der Waals surface area contributed by atoms with Crippen LogP contribution < -0.4 is 10.6 Å². The van der Waals surface area contributed by atoms with Crippen LogP contribution >= 0.6 is 11.3 Å². The Morgan fingerprint density at radius 1 is 1.57 bits per heavy atom. The highest BCUT2D eigenvalue weighted by Gasteiger charge is 2.24. The molecule has 1 amide bonds. The largest absolute Gasteiger partial charge is 0.364 e. The number of Topliss-reactive ketones (excluding diaryl/α,β-unsaturated/α-hetero) is 1. The van der Waals surface area contributed by atoms with Crippen molar-refractivity contribution in [3.8, 4) is 0 Å². The number of hydrogen-bond donors (Lipinski definition) is 2. The summed E-state index contributed by atoms with van der Waals surface area (Å²) >= 11 is 1.37. The summed E-state index contributed by atoms with van der Waals surface area (Å²) in [5, 5.41) is 6.64. The average Bonchev–Trinajstić information content (AvgIpc) is 2.48. The van der Waals surface area contributed by atoms with Gasteiger partial charge in [-0.3, -0.25) is 9.59 Å². The van der Waals surface area contributed by atoms with Crippen molar-refractivity contribution >= 4 is 33.7 Å². The Bertz CT molecular complexity index is 411. The van der Waals surface area contributed by atoms with Gasteiger partial charge in [-0.15, -0.1) is 11.3 Å².